The Bertz CT molecular complexity index is 694. The van der Waals surface area contributed by atoms with Gasteiger partial charge in [-0.15, -0.1) is 0 Å². The molecule has 26 heavy (non-hydrogen) atoms. The topological polar surface area (TPSA) is 30.5 Å². The van der Waals surface area contributed by atoms with Crippen LogP contribution in [0.25, 0.3) is 0 Å². The number of ether oxygens (including phenoxy) is 2. The van der Waals surface area contributed by atoms with Crippen molar-refractivity contribution >= 4 is 11.6 Å². The molecule has 0 bridgehead atoms. The highest BCUT2D eigenvalue weighted by Crippen LogP contribution is 2.32. The summed E-state index contributed by atoms with van der Waals surface area (Å²) in [6.07, 6.45) is 4.92. The molecule has 0 atom stereocenters. The van der Waals surface area contributed by atoms with Gasteiger partial charge >= 0.3 is 0 Å². The van der Waals surface area contributed by atoms with Gasteiger partial charge in [0.05, 0.1) is 12.1 Å². The lowest BCUT2D eigenvalue weighted by Crippen LogP contribution is -2.15. The fraction of sp³-hybridized carbons (Fsp3) is 0.429. The maximum absolute atomic E-state index is 13.2. The summed E-state index contributed by atoms with van der Waals surface area (Å²) < 4.78 is 24.6. The van der Waals surface area contributed by atoms with E-state index in [0.29, 0.717) is 23.1 Å². The predicted octanol–water partition coefficient (Wildman–Crippen LogP) is 5.74. The molecule has 0 unspecified atom stereocenters. The minimum absolute atomic E-state index is 0.253. The fourth-order valence-electron chi connectivity index (χ4n) is 2.71. The summed E-state index contributed by atoms with van der Waals surface area (Å²) in [5, 5.41) is 3.82. The number of benzene rings is 2. The summed E-state index contributed by atoms with van der Waals surface area (Å²) in [5.74, 6) is 1.01. The summed E-state index contributed by atoms with van der Waals surface area (Å²) in [7, 11) is 1.62. The number of halogens is 2. The van der Waals surface area contributed by atoms with Crippen LogP contribution < -0.4 is 14.8 Å². The highest BCUT2D eigenvalue weighted by Gasteiger charge is 2.12. The fourth-order valence-corrected chi connectivity index (χ4v) is 2.94. The van der Waals surface area contributed by atoms with Crippen LogP contribution in [0.15, 0.2) is 36.4 Å². The first-order chi connectivity index (χ1) is 12.7. The van der Waals surface area contributed by atoms with Gasteiger partial charge in [0.1, 0.15) is 12.4 Å². The summed E-state index contributed by atoms with van der Waals surface area (Å²) in [6.45, 7) is 4.14. The molecule has 1 N–H and O–H groups in total. The lowest BCUT2D eigenvalue weighted by Gasteiger charge is -2.16. The van der Waals surface area contributed by atoms with Gasteiger partial charge in [0, 0.05) is 17.7 Å². The first kappa shape index (κ1) is 20.5. The highest BCUT2D eigenvalue weighted by molar-refractivity contribution is 6.31. The number of rotatable bonds is 11. The van der Waals surface area contributed by atoms with Crippen molar-refractivity contribution in [2.75, 3.05) is 13.7 Å². The van der Waals surface area contributed by atoms with Crippen molar-refractivity contribution in [3.05, 3.63) is 58.4 Å². The van der Waals surface area contributed by atoms with Crippen LogP contribution in [-0.2, 0) is 13.2 Å². The average molecular weight is 380 g/mol. The SMILES string of the molecule is CCCCCCNCc1cccc(OC)c1OCc1ccc(F)cc1Cl. The van der Waals surface area contributed by atoms with Crippen LogP contribution in [0, 0.1) is 5.82 Å². The Morgan fingerprint density at radius 2 is 1.92 bits per heavy atom. The first-order valence-corrected chi connectivity index (χ1v) is 9.46. The lowest BCUT2D eigenvalue weighted by molar-refractivity contribution is 0.280. The molecule has 2 aromatic carbocycles. The van der Waals surface area contributed by atoms with E-state index >= 15 is 0 Å². The number of para-hydroxylation sites is 1. The van der Waals surface area contributed by atoms with Gasteiger partial charge in [0.15, 0.2) is 11.5 Å². The largest absolute Gasteiger partial charge is 0.493 e. The third kappa shape index (κ3) is 6.19. The van der Waals surface area contributed by atoms with Crippen molar-refractivity contribution in [3.8, 4) is 11.5 Å². The molecule has 3 nitrogen and oxygen atoms in total. The van der Waals surface area contributed by atoms with E-state index in [-0.39, 0.29) is 12.4 Å². The van der Waals surface area contributed by atoms with Crippen LogP contribution in [0.5, 0.6) is 11.5 Å². The monoisotopic (exact) mass is 379 g/mol. The van der Waals surface area contributed by atoms with Crippen LogP contribution in [0.4, 0.5) is 4.39 Å². The number of unbranched alkanes of at least 4 members (excludes halogenated alkanes) is 3. The predicted molar refractivity (Wildman–Crippen MR) is 105 cm³/mol. The molecular weight excluding hydrogens is 353 g/mol. The molecule has 2 aromatic rings. The number of hydrogen-bond donors (Lipinski definition) is 1. The van der Waals surface area contributed by atoms with Crippen molar-refractivity contribution in [1.82, 2.24) is 5.32 Å². The van der Waals surface area contributed by atoms with Gasteiger partial charge in [-0.05, 0) is 31.2 Å². The van der Waals surface area contributed by atoms with Crippen LogP contribution >= 0.6 is 11.6 Å². The second kappa shape index (κ2) is 11.0. The number of hydrogen-bond acceptors (Lipinski definition) is 3. The molecule has 0 fully saturated rings. The molecule has 0 spiro atoms. The molecule has 142 valence electrons. The van der Waals surface area contributed by atoms with Gasteiger partial charge < -0.3 is 14.8 Å². The Morgan fingerprint density at radius 1 is 1.08 bits per heavy atom. The van der Waals surface area contributed by atoms with Crippen molar-refractivity contribution < 1.29 is 13.9 Å². The van der Waals surface area contributed by atoms with E-state index in [9.17, 15) is 4.39 Å². The molecule has 0 saturated heterocycles. The molecule has 0 aliphatic carbocycles. The molecule has 0 amide bonds. The Hall–Kier alpha value is -1.78. The molecular formula is C21H27ClFNO2. The molecule has 0 saturated carbocycles. The molecule has 0 heterocycles. The van der Waals surface area contributed by atoms with E-state index < -0.39 is 0 Å². The Balaban J connectivity index is 2.01. The van der Waals surface area contributed by atoms with E-state index in [1.54, 1.807) is 13.2 Å². The average Bonchev–Trinajstić information content (AvgIpc) is 2.64. The van der Waals surface area contributed by atoms with Gasteiger partial charge in [-0.3, -0.25) is 0 Å². The third-order valence-electron chi connectivity index (χ3n) is 4.19. The maximum atomic E-state index is 13.2. The zero-order chi connectivity index (χ0) is 18.8. The summed E-state index contributed by atoms with van der Waals surface area (Å²) in [5.41, 5.74) is 1.76. The molecule has 0 aliphatic rings. The molecule has 0 aliphatic heterocycles. The smallest absolute Gasteiger partial charge is 0.166 e. The minimum Gasteiger partial charge on any atom is -0.493 e. The van der Waals surface area contributed by atoms with Gasteiger partial charge in [0.2, 0.25) is 0 Å². The Kier molecular flexibility index (Phi) is 8.72. The summed E-state index contributed by atoms with van der Waals surface area (Å²) in [4.78, 5) is 0. The summed E-state index contributed by atoms with van der Waals surface area (Å²) in [6, 6.07) is 10.1. The Labute approximate surface area is 160 Å². The normalized spacial score (nSPS) is 10.8. The molecule has 0 radical (unpaired) electrons. The zero-order valence-corrected chi connectivity index (χ0v) is 16.2. The Morgan fingerprint density at radius 3 is 2.65 bits per heavy atom. The second-order valence-corrected chi connectivity index (χ2v) is 6.62. The maximum Gasteiger partial charge on any atom is 0.166 e. The van der Waals surface area contributed by atoms with Gasteiger partial charge in [-0.1, -0.05) is 56.0 Å². The quantitative estimate of drug-likeness (QED) is 0.505. The summed E-state index contributed by atoms with van der Waals surface area (Å²) >= 11 is 6.09. The van der Waals surface area contributed by atoms with Gasteiger partial charge in [-0.25, -0.2) is 4.39 Å². The number of methoxy groups -OCH3 is 1. The van der Waals surface area contributed by atoms with E-state index in [1.807, 2.05) is 18.2 Å². The van der Waals surface area contributed by atoms with Crippen LogP contribution in [0.3, 0.4) is 0 Å². The first-order valence-electron chi connectivity index (χ1n) is 9.09. The van der Waals surface area contributed by atoms with E-state index in [2.05, 4.69) is 12.2 Å². The van der Waals surface area contributed by atoms with Crippen molar-refractivity contribution in [2.24, 2.45) is 0 Å². The van der Waals surface area contributed by atoms with Gasteiger partial charge in [-0.2, -0.15) is 0 Å². The van der Waals surface area contributed by atoms with E-state index in [1.165, 1.54) is 37.8 Å². The second-order valence-electron chi connectivity index (χ2n) is 6.21. The third-order valence-corrected chi connectivity index (χ3v) is 4.54. The van der Waals surface area contributed by atoms with Crippen molar-refractivity contribution in [1.29, 1.82) is 0 Å². The minimum atomic E-state index is -0.357. The highest BCUT2D eigenvalue weighted by atomic mass is 35.5. The van der Waals surface area contributed by atoms with Crippen LogP contribution in [-0.4, -0.2) is 13.7 Å². The lowest BCUT2D eigenvalue weighted by atomic mass is 10.1. The van der Waals surface area contributed by atoms with Crippen LogP contribution in [0.1, 0.15) is 43.7 Å². The molecule has 0 aromatic heterocycles. The standard InChI is InChI=1S/C21H27ClFNO2/c1-3-4-5-6-12-24-14-16-8-7-9-20(25-2)21(16)26-15-17-10-11-18(23)13-19(17)22/h7-11,13,24H,3-6,12,14-15H2,1-2H3. The molecule has 2 rings (SSSR count). The van der Waals surface area contributed by atoms with Crippen molar-refractivity contribution in [3.63, 3.8) is 0 Å². The van der Waals surface area contributed by atoms with Crippen LogP contribution in [0.2, 0.25) is 5.02 Å². The zero-order valence-electron chi connectivity index (χ0n) is 15.5. The van der Waals surface area contributed by atoms with E-state index in [4.69, 9.17) is 21.1 Å². The van der Waals surface area contributed by atoms with Crippen molar-refractivity contribution in [2.45, 2.75) is 45.8 Å². The van der Waals surface area contributed by atoms with Gasteiger partial charge in [0.25, 0.3) is 0 Å². The van der Waals surface area contributed by atoms with E-state index in [0.717, 1.165) is 17.7 Å². The number of nitrogens with one attached hydrogen (secondary N) is 1. The molecule has 5 heteroatoms.